The van der Waals surface area contributed by atoms with Crippen molar-refractivity contribution in [1.29, 1.82) is 0 Å². The molecule has 5 rings (SSSR count). The molecule has 1 atom stereocenters. The second-order valence-corrected chi connectivity index (χ2v) is 8.88. The molecule has 2 N–H and O–H groups in total. The minimum atomic E-state index is -1.50. The van der Waals surface area contributed by atoms with Gasteiger partial charge in [0.25, 0.3) is 0 Å². The predicted molar refractivity (Wildman–Crippen MR) is 116 cm³/mol. The molecule has 2 amide bonds. The Balaban J connectivity index is 1.89. The molecule has 0 saturated carbocycles. The van der Waals surface area contributed by atoms with Crippen LogP contribution in [0.15, 0.2) is 42.5 Å². The monoisotopic (exact) mass is 456 g/mol. The normalized spacial score (nSPS) is 19.4. The Hall–Kier alpha value is -3.23. The first kappa shape index (κ1) is 19.7. The molecule has 0 bridgehead atoms. The van der Waals surface area contributed by atoms with E-state index in [1.54, 1.807) is 31.3 Å². The number of amides is 2. The lowest BCUT2D eigenvalue weighted by molar-refractivity contribution is -0.126. The minimum Gasteiger partial charge on any atom is -0.477 e. The molecule has 31 heavy (non-hydrogen) atoms. The summed E-state index contributed by atoms with van der Waals surface area (Å²) in [7, 11) is 1.56. The van der Waals surface area contributed by atoms with Gasteiger partial charge >= 0.3 is 5.97 Å². The van der Waals surface area contributed by atoms with Crippen LogP contribution in [0.4, 0.5) is 15.8 Å². The van der Waals surface area contributed by atoms with Crippen LogP contribution in [0.25, 0.3) is 11.1 Å². The van der Waals surface area contributed by atoms with Crippen molar-refractivity contribution in [1.82, 2.24) is 0 Å². The zero-order chi connectivity index (χ0) is 22.1. The molecule has 6 nitrogen and oxygen atoms in total. The van der Waals surface area contributed by atoms with Crippen molar-refractivity contribution >= 4 is 52.1 Å². The lowest BCUT2D eigenvalue weighted by Gasteiger charge is -2.32. The number of halogens is 2. The zero-order valence-corrected chi connectivity index (χ0v) is 17.6. The van der Waals surface area contributed by atoms with Crippen LogP contribution in [-0.4, -0.2) is 29.9 Å². The number of rotatable bonds is 2. The van der Waals surface area contributed by atoms with Gasteiger partial charge in [-0.25, -0.2) is 9.18 Å². The summed E-state index contributed by atoms with van der Waals surface area (Å²) >= 11 is 7.25. The largest absolute Gasteiger partial charge is 0.477 e. The van der Waals surface area contributed by atoms with E-state index in [2.05, 4.69) is 5.32 Å². The van der Waals surface area contributed by atoms with Crippen molar-refractivity contribution in [3.05, 3.63) is 68.6 Å². The fraction of sp³-hybridized carbons (Fsp3) is 0.136. The highest BCUT2D eigenvalue weighted by Crippen LogP contribution is 2.57. The van der Waals surface area contributed by atoms with Gasteiger partial charge in [0.1, 0.15) is 16.1 Å². The number of fused-ring (bicyclic) bond motifs is 4. The van der Waals surface area contributed by atoms with Crippen molar-refractivity contribution in [2.75, 3.05) is 17.3 Å². The number of carboxylic acid groups (broad SMARTS) is 1. The van der Waals surface area contributed by atoms with E-state index in [-0.39, 0.29) is 22.5 Å². The summed E-state index contributed by atoms with van der Waals surface area (Å²) in [6.45, 7) is 0. The molecule has 3 aromatic rings. The number of carbonyl (C=O) groups is 3. The number of hydrogen-bond acceptors (Lipinski definition) is 4. The Morgan fingerprint density at radius 2 is 2.00 bits per heavy atom. The molecule has 0 radical (unpaired) electrons. The lowest BCUT2D eigenvalue weighted by Crippen LogP contribution is -2.45. The quantitative estimate of drug-likeness (QED) is 0.594. The Morgan fingerprint density at radius 3 is 2.71 bits per heavy atom. The number of carbonyl (C=O) groups excluding carboxylic acids is 2. The molecular formula is C22H14ClFN2O4S. The number of anilines is 2. The molecule has 0 unspecified atom stereocenters. The van der Waals surface area contributed by atoms with E-state index < -0.39 is 29.0 Å². The molecule has 156 valence electrons. The molecule has 3 heterocycles. The average Bonchev–Trinajstić information content (AvgIpc) is 3.20. The predicted octanol–water partition coefficient (Wildman–Crippen LogP) is 4.51. The maximum absolute atomic E-state index is 14.2. The van der Waals surface area contributed by atoms with Gasteiger partial charge in [-0.15, -0.1) is 11.3 Å². The molecule has 0 aliphatic carbocycles. The summed E-state index contributed by atoms with van der Waals surface area (Å²) in [6.07, 6.45) is -0.249. The van der Waals surface area contributed by atoms with Crippen LogP contribution < -0.4 is 10.2 Å². The second kappa shape index (κ2) is 6.63. The van der Waals surface area contributed by atoms with E-state index in [0.29, 0.717) is 26.7 Å². The molecule has 1 spiro atoms. The molecule has 1 aromatic heterocycles. The molecule has 2 aliphatic heterocycles. The van der Waals surface area contributed by atoms with Gasteiger partial charge in [-0.2, -0.15) is 0 Å². The van der Waals surface area contributed by atoms with Gasteiger partial charge in [0, 0.05) is 34.4 Å². The summed E-state index contributed by atoms with van der Waals surface area (Å²) in [5.41, 5.74) is 0.223. The van der Waals surface area contributed by atoms with E-state index in [4.69, 9.17) is 11.6 Å². The summed E-state index contributed by atoms with van der Waals surface area (Å²) in [5, 5.41) is 13.0. The molecule has 2 aromatic carbocycles. The highest BCUT2D eigenvalue weighted by atomic mass is 35.5. The molecule has 0 saturated heterocycles. The Kier molecular flexibility index (Phi) is 4.22. The Morgan fingerprint density at radius 1 is 1.26 bits per heavy atom. The lowest BCUT2D eigenvalue weighted by atomic mass is 9.74. The fourth-order valence-electron chi connectivity index (χ4n) is 4.47. The second-order valence-electron chi connectivity index (χ2n) is 7.45. The molecule has 9 heteroatoms. The van der Waals surface area contributed by atoms with Gasteiger partial charge in [-0.05, 0) is 24.3 Å². The van der Waals surface area contributed by atoms with Gasteiger partial charge in [-0.3, -0.25) is 9.59 Å². The first-order chi connectivity index (χ1) is 14.8. The minimum absolute atomic E-state index is 0.0556. The zero-order valence-electron chi connectivity index (χ0n) is 16.0. The van der Waals surface area contributed by atoms with E-state index in [0.717, 1.165) is 11.3 Å². The van der Waals surface area contributed by atoms with E-state index in [1.165, 1.54) is 23.1 Å². The number of aromatic carboxylic acids is 1. The van der Waals surface area contributed by atoms with Crippen LogP contribution >= 0.6 is 22.9 Å². The van der Waals surface area contributed by atoms with Crippen LogP contribution in [0.2, 0.25) is 5.02 Å². The fourth-order valence-corrected chi connectivity index (χ4v) is 6.01. The van der Waals surface area contributed by atoms with Gasteiger partial charge < -0.3 is 15.3 Å². The third kappa shape index (κ3) is 2.58. The third-order valence-corrected chi connectivity index (χ3v) is 7.44. The molecule has 0 fully saturated rings. The molecule has 2 aliphatic rings. The topological polar surface area (TPSA) is 86.7 Å². The summed E-state index contributed by atoms with van der Waals surface area (Å²) < 4.78 is 14.2. The van der Waals surface area contributed by atoms with Gasteiger partial charge in [0.2, 0.25) is 11.8 Å². The van der Waals surface area contributed by atoms with Gasteiger partial charge in [0.15, 0.2) is 0 Å². The van der Waals surface area contributed by atoms with Crippen LogP contribution in [0.3, 0.4) is 0 Å². The number of likely N-dealkylation sites (N-methyl/N-ethyl adjacent to an activating group) is 1. The highest BCUT2D eigenvalue weighted by Gasteiger charge is 2.57. The van der Waals surface area contributed by atoms with Crippen molar-refractivity contribution in [3.63, 3.8) is 0 Å². The number of carboxylic acids is 1. The van der Waals surface area contributed by atoms with Crippen LogP contribution in [0, 0.1) is 5.82 Å². The van der Waals surface area contributed by atoms with Crippen molar-refractivity contribution in [3.8, 4) is 11.1 Å². The summed E-state index contributed by atoms with van der Waals surface area (Å²) in [4.78, 5) is 40.2. The molecular weight excluding hydrogens is 443 g/mol. The first-order valence-electron chi connectivity index (χ1n) is 9.29. The number of nitrogens with one attached hydrogen (secondary N) is 1. The van der Waals surface area contributed by atoms with Gasteiger partial charge in [0.05, 0.1) is 17.0 Å². The van der Waals surface area contributed by atoms with Crippen LogP contribution in [0.5, 0.6) is 0 Å². The first-order valence-corrected chi connectivity index (χ1v) is 10.5. The summed E-state index contributed by atoms with van der Waals surface area (Å²) in [6, 6.07) is 10.7. The van der Waals surface area contributed by atoms with Crippen LogP contribution in [-0.2, 0) is 15.0 Å². The maximum Gasteiger partial charge on any atom is 0.346 e. The van der Waals surface area contributed by atoms with E-state index in [9.17, 15) is 23.9 Å². The van der Waals surface area contributed by atoms with Crippen molar-refractivity contribution in [2.45, 2.75) is 11.8 Å². The Labute approximate surface area is 184 Å². The third-order valence-electron chi connectivity index (χ3n) is 5.77. The van der Waals surface area contributed by atoms with Gasteiger partial charge in [-0.1, -0.05) is 29.8 Å². The number of nitrogens with zero attached hydrogens (tertiary/aromatic N) is 1. The summed E-state index contributed by atoms with van der Waals surface area (Å²) in [5.74, 6) is -2.63. The number of hydrogen-bond donors (Lipinski definition) is 2. The van der Waals surface area contributed by atoms with E-state index >= 15 is 0 Å². The smallest absolute Gasteiger partial charge is 0.346 e. The average molecular weight is 457 g/mol. The number of benzene rings is 2. The highest BCUT2D eigenvalue weighted by molar-refractivity contribution is 7.15. The standard InChI is InChI=1S/C22H14ClFN2O4S/c1-26-14-7-6-10(24)8-12(14)22(21(26)30)9-15(27)25-17-16(11-4-2-3-5-13(11)23)18(20(28)29)31-19(17)22/h2-8H,9H2,1H3,(H,25,27)(H,28,29)/t22-/m0/s1. The van der Waals surface area contributed by atoms with Crippen LogP contribution in [0.1, 0.15) is 26.5 Å². The van der Waals surface area contributed by atoms with E-state index in [1.807, 2.05) is 0 Å². The maximum atomic E-state index is 14.2. The van der Waals surface area contributed by atoms with Crippen molar-refractivity contribution < 1.29 is 23.9 Å². The number of thiophene rings is 1. The SMILES string of the molecule is CN1C(=O)[C@@]2(CC(=O)Nc3c2sc(C(=O)O)c3-c2ccccc2Cl)c2cc(F)ccc21. The van der Waals surface area contributed by atoms with Crippen molar-refractivity contribution in [2.24, 2.45) is 0 Å². The Bertz CT molecular complexity index is 1320.